The number of imidazole rings is 1. The Labute approximate surface area is 193 Å². The highest BCUT2D eigenvalue weighted by molar-refractivity contribution is 6.02. The number of para-hydroxylation sites is 3. The number of amides is 2. The van der Waals surface area contributed by atoms with Crippen LogP contribution in [0.4, 0.5) is 5.69 Å². The van der Waals surface area contributed by atoms with E-state index in [2.05, 4.69) is 27.9 Å². The van der Waals surface area contributed by atoms with E-state index in [-0.39, 0.29) is 29.1 Å². The number of carbonyl (C=O) groups excluding carboxylic acids is 2. The molecule has 3 aliphatic carbocycles. The van der Waals surface area contributed by atoms with Crippen LogP contribution in [-0.4, -0.2) is 27.0 Å². The van der Waals surface area contributed by atoms with Gasteiger partial charge in [-0.15, -0.1) is 0 Å². The second kappa shape index (κ2) is 7.07. The minimum atomic E-state index is -0.480. The molecule has 0 unspecified atom stereocenters. The number of aromatic nitrogens is 2. The smallest absolute Gasteiger partial charge is 0.255 e. The van der Waals surface area contributed by atoms with Crippen LogP contribution in [0.15, 0.2) is 48.5 Å². The standard InChI is InChI=1S/C26H29N5O2/c1-25-12-11-16(26(15-25)29-19-8-4-3-7-17(19)23(32)30-26)13-18(25)24(33)27-14-22-28-20-9-5-6-10-21(20)31(22)2/h3-10,16,18,29H,11-15H2,1-2H3,(H,27,33)(H,30,32)/t16-,18+,25+,26+/m1/s1. The number of nitrogens with one attached hydrogen (secondary N) is 3. The zero-order chi connectivity index (χ0) is 22.8. The molecule has 1 aromatic heterocycles. The molecule has 33 heavy (non-hydrogen) atoms. The Kier molecular flexibility index (Phi) is 4.34. The lowest BCUT2D eigenvalue weighted by molar-refractivity contribution is -0.139. The molecule has 2 bridgehead atoms. The van der Waals surface area contributed by atoms with Crippen LogP contribution in [-0.2, 0) is 18.4 Å². The third-order valence-corrected chi connectivity index (χ3v) is 8.29. The van der Waals surface area contributed by atoms with E-state index in [0.29, 0.717) is 12.1 Å². The molecule has 7 heteroatoms. The quantitative estimate of drug-likeness (QED) is 0.578. The van der Waals surface area contributed by atoms with Gasteiger partial charge in [0.1, 0.15) is 11.5 Å². The predicted molar refractivity (Wildman–Crippen MR) is 126 cm³/mol. The van der Waals surface area contributed by atoms with Crippen molar-refractivity contribution < 1.29 is 9.59 Å². The van der Waals surface area contributed by atoms with Crippen molar-refractivity contribution in [1.82, 2.24) is 20.2 Å². The van der Waals surface area contributed by atoms with E-state index in [1.54, 1.807) is 0 Å². The van der Waals surface area contributed by atoms with E-state index in [9.17, 15) is 9.59 Å². The monoisotopic (exact) mass is 443 g/mol. The van der Waals surface area contributed by atoms with Crippen LogP contribution in [0.5, 0.6) is 0 Å². The maximum atomic E-state index is 13.4. The largest absolute Gasteiger partial charge is 0.362 e. The first kappa shape index (κ1) is 20.3. The summed E-state index contributed by atoms with van der Waals surface area (Å²) >= 11 is 0. The molecule has 4 atom stereocenters. The van der Waals surface area contributed by atoms with Gasteiger partial charge in [0.25, 0.3) is 5.91 Å². The molecule has 170 valence electrons. The highest BCUT2D eigenvalue weighted by Crippen LogP contribution is 2.58. The number of anilines is 1. The first-order valence-electron chi connectivity index (χ1n) is 11.8. The molecule has 3 saturated carbocycles. The van der Waals surface area contributed by atoms with Crippen molar-refractivity contribution in [1.29, 1.82) is 0 Å². The molecule has 1 aliphatic heterocycles. The van der Waals surface area contributed by atoms with Gasteiger partial charge in [-0.3, -0.25) is 9.59 Å². The molecule has 2 heterocycles. The predicted octanol–water partition coefficient (Wildman–Crippen LogP) is 3.57. The number of hydrogen-bond donors (Lipinski definition) is 3. The second-order valence-corrected chi connectivity index (χ2v) is 10.2. The first-order chi connectivity index (χ1) is 15.9. The molecular formula is C26H29N5O2. The minimum Gasteiger partial charge on any atom is -0.362 e. The van der Waals surface area contributed by atoms with Gasteiger partial charge in [0.15, 0.2) is 0 Å². The summed E-state index contributed by atoms with van der Waals surface area (Å²) in [6, 6.07) is 15.7. The SMILES string of the molecule is Cn1c(CNC(=O)[C@@H]2C[C@H]3CC[C@@]2(C)C[C@]32NC(=O)c3ccccc3N2)nc2ccccc21. The Bertz CT molecular complexity index is 1280. The fourth-order valence-corrected chi connectivity index (χ4v) is 6.50. The number of nitrogens with zero attached hydrogens (tertiary/aromatic N) is 2. The van der Waals surface area contributed by atoms with Crippen LogP contribution < -0.4 is 16.0 Å². The van der Waals surface area contributed by atoms with Crippen molar-refractivity contribution >= 4 is 28.5 Å². The van der Waals surface area contributed by atoms with Crippen molar-refractivity contribution in [2.24, 2.45) is 24.3 Å². The fraction of sp³-hybridized carbons (Fsp3) is 0.423. The number of hydrogen-bond acceptors (Lipinski definition) is 4. The Morgan fingerprint density at radius 2 is 1.97 bits per heavy atom. The Hall–Kier alpha value is -3.35. The molecule has 3 fully saturated rings. The van der Waals surface area contributed by atoms with Crippen molar-refractivity contribution in [3.8, 4) is 0 Å². The van der Waals surface area contributed by atoms with Gasteiger partial charge < -0.3 is 20.5 Å². The third-order valence-electron chi connectivity index (χ3n) is 8.29. The van der Waals surface area contributed by atoms with Gasteiger partial charge in [0.05, 0.1) is 23.1 Å². The van der Waals surface area contributed by atoms with Crippen LogP contribution >= 0.6 is 0 Å². The van der Waals surface area contributed by atoms with Gasteiger partial charge >= 0.3 is 0 Å². The second-order valence-electron chi connectivity index (χ2n) is 10.2. The fourth-order valence-electron chi connectivity index (χ4n) is 6.50. The molecule has 0 saturated heterocycles. The Balaban J connectivity index is 1.21. The number of fused-ring (bicyclic) bond motifs is 4. The molecule has 3 aromatic rings. The van der Waals surface area contributed by atoms with Crippen molar-refractivity contribution in [2.45, 2.75) is 44.8 Å². The lowest BCUT2D eigenvalue weighted by atomic mass is 9.51. The van der Waals surface area contributed by atoms with E-state index in [0.717, 1.165) is 48.2 Å². The van der Waals surface area contributed by atoms with Gasteiger partial charge in [0, 0.05) is 24.6 Å². The first-order valence-corrected chi connectivity index (χ1v) is 11.8. The average Bonchev–Trinajstić information content (AvgIpc) is 3.13. The summed E-state index contributed by atoms with van der Waals surface area (Å²) in [6.07, 6.45) is 3.50. The molecule has 7 rings (SSSR count). The van der Waals surface area contributed by atoms with E-state index in [1.165, 1.54) is 0 Å². The number of rotatable bonds is 3. The van der Waals surface area contributed by atoms with Gasteiger partial charge in [-0.1, -0.05) is 31.2 Å². The number of aryl methyl sites for hydroxylation is 1. The zero-order valence-electron chi connectivity index (χ0n) is 19.0. The summed E-state index contributed by atoms with van der Waals surface area (Å²) in [4.78, 5) is 30.9. The van der Waals surface area contributed by atoms with Crippen LogP contribution in [0.25, 0.3) is 11.0 Å². The Morgan fingerprint density at radius 3 is 2.79 bits per heavy atom. The lowest BCUT2D eigenvalue weighted by Gasteiger charge is -2.60. The molecular weight excluding hydrogens is 414 g/mol. The lowest BCUT2D eigenvalue weighted by Crippen LogP contribution is -2.70. The van der Waals surface area contributed by atoms with Crippen molar-refractivity contribution in [3.63, 3.8) is 0 Å². The van der Waals surface area contributed by atoms with Gasteiger partial charge in [-0.2, -0.15) is 0 Å². The zero-order valence-corrected chi connectivity index (χ0v) is 19.0. The van der Waals surface area contributed by atoms with Crippen LogP contribution in [0.2, 0.25) is 0 Å². The highest BCUT2D eigenvalue weighted by atomic mass is 16.2. The van der Waals surface area contributed by atoms with E-state index in [4.69, 9.17) is 0 Å². The molecule has 3 N–H and O–H groups in total. The summed E-state index contributed by atoms with van der Waals surface area (Å²) in [5.41, 5.74) is 2.91. The maximum Gasteiger partial charge on any atom is 0.255 e. The topological polar surface area (TPSA) is 88.0 Å². The molecule has 0 radical (unpaired) electrons. The summed E-state index contributed by atoms with van der Waals surface area (Å²) < 4.78 is 2.04. The third kappa shape index (κ3) is 3.05. The highest BCUT2D eigenvalue weighted by Gasteiger charge is 2.60. The van der Waals surface area contributed by atoms with E-state index < -0.39 is 5.66 Å². The van der Waals surface area contributed by atoms with Crippen LogP contribution in [0.3, 0.4) is 0 Å². The Morgan fingerprint density at radius 1 is 1.18 bits per heavy atom. The van der Waals surface area contributed by atoms with E-state index in [1.807, 2.05) is 60.1 Å². The van der Waals surface area contributed by atoms with Crippen LogP contribution in [0, 0.1) is 17.3 Å². The summed E-state index contributed by atoms with van der Waals surface area (Å²) in [5.74, 6) is 1.05. The maximum absolute atomic E-state index is 13.4. The van der Waals surface area contributed by atoms with Gasteiger partial charge in [-0.25, -0.2) is 4.98 Å². The summed E-state index contributed by atoms with van der Waals surface area (Å²) in [6.45, 7) is 2.62. The van der Waals surface area contributed by atoms with Crippen molar-refractivity contribution in [2.75, 3.05) is 5.32 Å². The normalized spacial score (nSPS) is 30.1. The summed E-state index contributed by atoms with van der Waals surface area (Å²) in [5, 5.41) is 10.1. The van der Waals surface area contributed by atoms with E-state index >= 15 is 0 Å². The molecule has 4 aliphatic rings. The van der Waals surface area contributed by atoms with Crippen molar-refractivity contribution in [3.05, 3.63) is 59.9 Å². The van der Waals surface area contributed by atoms with Gasteiger partial charge in [0.2, 0.25) is 5.91 Å². The van der Waals surface area contributed by atoms with Crippen LogP contribution in [0.1, 0.15) is 48.8 Å². The molecule has 2 amide bonds. The molecule has 7 nitrogen and oxygen atoms in total. The molecule has 2 aromatic carbocycles. The average molecular weight is 444 g/mol. The van der Waals surface area contributed by atoms with Gasteiger partial charge in [-0.05, 0) is 55.4 Å². The number of carbonyl (C=O) groups is 2. The minimum absolute atomic E-state index is 0.0247. The molecule has 1 spiro atoms. The summed E-state index contributed by atoms with van der Waals surface area (Å²) in [7, 11) is 1.99. The number of benzene rings is 2.